The van der Waals surface area contributed by atoms with Gasteiger partial charge in [-0.3, -0.25) is 4.79 Å². The van der Waals surface area contributed by atoms with E-state index in [0.717, 1.165) is 22.6 Å². The fraction of sp³-hybridized carbons (Fsp3) is 0.538. The minimum Gasteiger partial charge on any atom is -0.480 e. The number of aryl methyl sites for hydroxylation is 1. The molecular formula is C13H19NO3S. The maximum atomic E-state index is 11.7. The van der Waals surface area contributed by atoms with E-state index in [4.69, 9.17) is 5.11 Å². The number of thiophene rings is 1. The lowest BCUT2D eigenvalue weighted by Crippen LogP contribution is -2.41. The minimum absolute atomic E-state index is 0.222. The molecule has 1 rings (SSSR count). The molecule has 0 bridgehead atoms. The third kappa shape index (κ3) is 4.87. The number of hydrogen-bond acceptors (Lipinski definition) is 3. The summed E-state index contributed by atoms with van der Waals surface area (Å²) in [4.78, 5) is 24.8. The topological polar surface area (TPSA) is 66.4 Å². The monoisotopic (exact) mass is 269 g/mol. The number of unbranched alkanes of at least 4 members (excludes halogenated alkanes) is 1. The van der Waals surface area contributed by atoms with Gasteiger partial charge in [0.25, 0.3) is 0 Å². The molecule has 1 atom stereocenters. The van der Waals surface area contributed by atoms with Gasteiger partial charge in [-0.1, -0.05) is 19.8 Å². The van der Waals surface area contributed by atoms with E-state index < -0.39 is 12.0 Å². The molecule has 18 heavy (non-hydrogen) atoms. The Bertz CT molecular complexity index is 414. The number of carbonyl (C=O) groups excluding carboxylic acids is 1. The van der Waals surface area contributed by atoms with Crippen LogP contribution in [0.25, 0.3) is 0 Å². The molecule has 1 amide bonds. The summed E-state index contributed by atoms with van der Waals surface area (Å²) in [6.07, 6.45) is 2.47. The van der Waals surface area contributed by atoms with Crippen molar-refractivity contribution >= 4 is 23.2 Å². The van der Waals surface area contributed by atoms with Crippen LogP contribution >= 0.6 is 11.3 Å². The molecule has 1 aromatic heterocycles. The first-order valence-electron chi connectivity index (χ1n) is 6.10. The largest absolute Gasteiger partial charge is 0.480 e. The van der Waals surface area contributed by atoms with E-state index in [-0.39, 0.29) is 12.3 Å². The molecule has 0 saturated carbocycles. The van der Waals surface area contributed by atoms with Gasteiger partial charge in [0.1, 0.15) is 6.04 Å². The van der Waals surface area contributed by atoms with Crippen LogP contribution < -0.4 is 5.32 Å². The van der Waals surface area contributed by atoms with Crippen molar-refractivity contribution in [1.82, 2.24) is 5.32 Å². The summed E-state index contributed by atoms with van der Waals surface area (Å²) in [5, 5.41) is 11.6. The number of amides is 1. The number of carboxylic acids is 1. The molecule has 0 aromatic carbocycles. The molecule has 1 unspecified atom stereocenters. The highest BCUT2D eigenvalue weighted by Crippen LogP contribution is 2.15. The maximum absolute atomic E-state index is 11.7. The zero-order chi connectivity index (χ0) is 13.5. The Kier molecular flexibility index (Phi) is 5.85. The fourth-order valence-corrected chi connectivity index (χ4v) is 2.54. The van der Waals surface area contributed by atoms with Gasteiger partial charge in [0.2, 0.25) is 5.91 Å². The summed E-state index contributed by atoms with van der Waals surface area (Å²) in [6.45, 7) is 3.97. The number of aliphatic carboxylic acids is 1. The van der Waals surface area contributed by atoms with Crippen molar-refractivity contribution in [2.75, 3.05) is 0 Å². The number of nitrogens with one attached hydrogen (secondary N) is 1. The predicted octanol–water partition coefficient (Wildman–Crippen LogP) is 2.36. The quantitative estimate of drug-likeness (QED) is 0.798. The lowest BCUT2D eigenvalue weighted by atomic mass is 10.1. The van der Waals surface area contributed by atoms with Crippen LogP contribution in [0, 0.1) is 6.92 Å². The molecule has 0 aliphatic carbocycles. The van der Waals surface area contributed by atoms with Gasteiger partial charge in [0, 0.05) is 9.75 Å². The summed E-state index contributed by atoms with van der Waals surface area (Å²) < 4.78 is 0. The molecule has 1 heterocycles. The highest BCUT2D eigenvalue weighted by Gasteiger charge is 2.19. The van der Waals surface area contributed by atoms with Crippen LogP contribution in [-0.2, 0) is 16.0 Å². The second-order valence-corrected chi connectivity index (χ2v) is 5.66. The standard InChI is InChI=1S/C13H19NO3S/c1-3-4-5-11(13(16)17)14-12(15)8-10-7-6-9(2)18-10/h6-7,11H,3-5,8H2,1-2H3,(H,14,15)(H,16,17). The van der Waals surface area contributed by atoms with Gasteiger partial charge in [-0.05, 0) is 25.5 Å². The van der Waals surface area contributed by atoms with Crippen molar-refractivity contribution in [3.8, 4) is 0 Å². The van der Waals surface area contributed by atoms with Gasteiger partial charge in [-0.25, -0.2) is 4.79 Å². The van der Waals surface area contributed by atoms with E-state index in [1.54, 1.807) is 11.3 Å². The van der Waals surface area contributed by atoms with Gasteiger partial charge in [0.15, 0.2) is 0 Å². The van der Waals surface area contributed by atoms with E-state index in [2.05, 4.69) is 5.32 Å². The van der Waals surface area contributed by atoms with Crippen LogP contribution in [0.1, 0.15) is 35.9 Å². The smallest absolute Gasteiger partial charge is 0.326 e. The van der Waals surface area contributed by atoms with Crippen molar-refractivity contribution in [1.29, 1.82) is 0 Å². The van der Waals surface area contributed by atoms with Crippen molar-refractivity contribution < 1.29 is 14.7 Å². The highest BCUT2D eigenvalue weighted by atomic mass is 32.1. The van der Waals surface area contributed by atoms with Gasteiger partial charge in [-0.15, -0.1) is 11.3 Å². The Morgan fingerprint density at radius 3 is 2.67 bits per heavy atom. The lowest BCUT2D eigenvalue weighted by Gasteiger charge is -2.13. The third-order valence-corrected chi connectivity index (χ3v) is 3.61. The predicted molar refractivity (Wildman–Crippen MR) is 71.9 cm³/mol. The Balaban J connectivity index is 2.48. The maximum Gasteiger partial charge on any atom is 0.326 e. The summed E-state index contributed by atoms with van der Waals surface area (Å²) in [5.41, 5.74) is 0. The Labute approximate surface area is 111 Å². The van der Waals surface area contributed by atoms with Crippen molar-refractivity contribution in [3.63, 3.8) is 0 Å². The van der Waals surface area contributed by atoms with Gasteiger partial charge < -0.3 is 10.4 Å². The Morgan fingerprint density at radius 1 is 1.44 bits per heavy atom. The normalized spacial score (nSPS) is 12.1. The SMILES string of the molecule is CCCCC(NC(=O)Cc1ccc(C)s1)C(=O)O. The Hall–Kier alpha value is -1.36. The van der Waals surface area contributed by atoms with E-state index in [1.807, 2.05) is 26.0 Å². The molecule has 0 aliphatic heterocycles. The van der Waals surface area contributed by atoms with E-state index >= 15 is 0 Å². The molecule has 0 radical (unpaired) electrons. The van der Waals surface area contributed by atoms with E-state index in [1.165, 1.54) is 0 Å². The van der Waals surface area contributed by atoms with Crippen molar-refractivity contribution in [3.05, 3.63) is 21.9 Å². The van der Waals surface area contributed by atoms with Crippen LogP contribution in [0.4, 0.5) is 0 Å². The zero-order valence-corrected chi connectivity index (χ0v) is 11.5. The Morgan fingerprint density at radius 2 is 2.17 bits per heavy atom. The van der Waals surface area contributed by atoms with Crippen LogP contribution in [0.15, 0.2) is 12.1 Å². The molecule has 2 N–H and O–H groups in total. The number of hydrogen-bond donors (Lipinski definition) is 2. The second-order valence-electron chi connectivity index (χ2n) is 4.29. The third-order valence-electron chi connectivity index (χ3n) is 2.61. The molecule has 1 aromatic rings. The fourth-order valence-electron chi connectivity index (χ4n) is 1.65. The minimum atomic E-state index is -0.959. The summed E-state index contributed by atoms with van der Waals surface area (Å²) in [7, 11) is 0. The summed E-state index contributed by atoms with van der Waals surface area (Å²) >= 11 is 1.56. The van der Waals surface area contributed by atoms with Crippen LogP contribution in [0.2, 0.25) is 0 Å². The summed E-state index contributed by atoms with van der Waals surface area (Å²) in [5.74, 6) is -1.18. The number of carboxylic acid groups (broad SMARTS) is 1. The van der Waals surface area contributed by atoms with Crippen molar-refractivity contribution in [2.24, 2.45) is 0 Å². The average Bonchev–Trinajstić information content (AvgIpc) is 2.69. The number of carbonyl (C=O) groups is 2. The highest BCUT2D eigenvalue weighted by molar-refractivity contribution is 7.12. The van der Waals surface area contributed by atoms with Gasteiger partial charge in [-0.2, -0.15) is 0 Å². The van der Waals surface area contributed by atoms with Gasteiger partial charge in [0.05, 0.1) is 6.42 Å². The lowest BCUT2D eigenvalue weighted by molar-refractivity contribution is -0.141. The molecule has 0 saturated heterocycles. The van der Waals surface area contributed by atoms with E-state index in [9.17, 15) is 9.59 Å². The first kappa shape index (κ1) is 14.7. The molecule has 100 valence electrons. The first-order chi connectivity index (χ1) is 8.52. The molecule has 0 fully saturated rings. The van der Waals surface area contributed by atoms with E-state index in [0.29, 0.717) is 6.42 Å². The molecule has 0 spiro atoms. The van der Waals surface area contributed by atoms with Crippen LogP contribution in [0.3, 0.4) is 0 Å². The zero-order valence-electron chi connectivity index (χ0n) is 10.7. The average molecular weight is 269 g/mol. The second kappa shape index (κ2) is 7.16. The van der Waals surface area contributed by atoms with Gasteiger partial charge >= 0.3 is 5.97 Å². The molecule has 0 aliphatic rings. The van der Waals surface area contributed by atoms with Crippen molar-refractivity contribution in [2.45, 2.75) is 45.6 Å². The molecule has 5 heteroatoms. The molecule has 4 nitrogen and oxygen atoms in total. The molecular weight excluding hydrogens is 250 g/mol. The van der Waals surface area contributed by atoms with Crippen LogP contribution in [-0.4, -0.2) is 23.0 Å². The number of rotatable bonds is 7. The summed E-state index contributed by atoms with van der Waals surface area (Å²) in [6, 6.07) is 3.10. The van der Waals surface area contributed by atoms with Crippen LogP contribution in [0.5, 0.6) is 0 Å². The first-order valence-corrected chi connectivity index (χ1v) is 6.92.